The molecule has 12 heavy (non-hydrogen) atoms. The standard InChI is InChI=1S/C9H14N2O/c1-9(2,3)11-7-4-5-8(12)10-6-7/h4-6,11H,1-3H3,(H,10,12). The van der Waals surface area contributed by atoms with Crippen molar-refractivity contribution >= 4 is 5.69 Å². The van der Waals surface area contributed by atoms with E-state index >= 15 is 0 Å². The molecule has 0 fully saturated rings. The molecule has 0 atom stereocenters. The zero-order valence-electron chi connectivity index (χ0n) is 7.64. The highest BCUT2D eigenvalue weighted by Gasteiger charge is 2.08. The predicted octanol–water partition coefficient (Wildman–Crippen LogP) is 1.59. The largest absolute Gasteiger partial charge is 0.379 e. The predicted molar refractivity (Wildman–Crippen MR) is 50.4 cm³/mol. The summed E-state index contributed by atoms with van der Waals surface area (Å²) in [5.41, 5.74) is 0.884. The number of H-pyrrole nitrogens is 1. The Labute approximate surface area is 71.8 Å². The first kappa shape index (κ1) is 8.84. The normalized spacial score (nSPS) is 11.2. The number of anilines is 1. The number of rotatable bonds is 1. The quantitative estimate of drug-likeness (QED) is 0.665. The monoisotopic (exact) mass is 166 g/mol. The molecule has 0 amide bonds. The average molecular weight is 166 g/mol. The molecule has 2 N–H and O–H groups in total. The molecule has 0 saturated heterocycles. The molecule has 0 saturated carbocycles. The Kier molecular flexibility index (Phi) is 2.22. The minimum Gasteiger partial charge on any atom is -0.379 e. The minimum absolute atomic E-state index is 0.0260. The van der Waals surface area contributed by atoms with E-state index < -0.39 is 0 Å². The van der Waals surface area contributed by atoms with Crippen LogP contribution in [0.4, 0.5) is 5.69 Å². The second-order valence-electron chi connectivity index (χ2n) is 3.82. The topological polar surface area (TPSA) is 44.9 Å². The van der Waals surface area contributed by atoms with Crippen molar-refractivity contribution in [2.75, 3.05) is 5.32 Å². The van der Waals surface area contributed by atoms with Gasteiger partial charge < -0.3 is 10.3 Å². The third-order valence-corrected chi connectivity index (χ3v) is 1.30. The van der Waals surface area contributed by atoms with Gasteiger partial charge in [-0.15, -0.1) is 0 Å². The fraction of sp³-hybridized carbons (Fsp3) is 0.444. The van der Waals surface area contributed by atoms with Crippen molar-refractivity contribution in [3.05, 3.63) is 28.7 Å². The van der Waals surface area contributed by atoms with Gasteiger partial charge in [-0.2, -0.15) is 0 Å². The van der Waals surface area contributed by atoms with Crippen LogP contribution < -0.4 is 10.9 Å². The van der Waals surface area contributed by atoms with Crippen molar-refractivity contribution in [3.8, 4) is 0 Å². The van der Waals surface area contributed by atoms with Crippen molar-refractivity contribution < 1.29 is 0 Å². The van der Waals surface area contributed by atoms with Gasteiger partial charge in [0.05, 0.1) is 5.69 Å². The van der Waals surface area contributed by atoms with Crippen LogP contribution in [-0.4, -0.2) is 10.5 Å². The van der Waals surface area contributed by atoms with Crippen molar-refractivity contribution in [3.63, 3.8) is 0 Å². The van der Waals surface area contributed by atoms with Crippen LogP contribution in [0.5, 0.6) is 0 Å². The summed E-state index contributed by atoms with van der Waals surface area (Å²) in [5, 5.41) is 3.24. The summed E-state index contributed by atoms with van der Waals surface area (Å²) < 4.78 is 0. The molecular weight excluding hydrogens is 152 g/mol. The van der Waals surface area contributed by atoms with Crippen molar-refractivity contribution in [2.24, 2.45) is 0 Å². The highest BCUT2D eigenvalue weighted by atomic mass is 16.1. The van der Waals surface area contributed by atoms with E-state index in [1.54, 1.807) is 12.3 Å². The summed E-state index contributed by atoms with van der Waals surface area (Å²) >= 11 is 0. The highest BCUT2D eigenvalue weighted by Crippen LogP contribution is 2.10. The summed E-state index contributed by atoms with van der Waals surface area (Å²) in [7, 11) is 0. The lowest BCUT2D eigenvalue weighted by atomic mass is 10.1. The lowest BCUT2D eigenvalue weighted by Crippen LogP contribution is -2.26. The molecule has 66 valence electrons. The van der Waals surface area contributed by atoms with Gasteiger partial charge >= 0.3 is 0 Å². The van der Waals surface area contributed by atoms with Crippen molar-refractivity contribution in [2.45, 2.75) is 26.3 Å². The summed E-state index contributed by atoms with van der Waals surface area (Å²) in [6.45, 7) is 6.20. The first-order valence-corrected chi connectivity index (χ1v) is 3.94. The number of hydrogen-bond donors (Lipinski definition) is 2. The molecule has 0 bridgehead atoms. The molecule has 0 aromatic carbocycles. The van der Waals surface area contributed by atoms with Gasteiger partial charge in [-0.25, -0.2) is 0 Å². The molecule has 1 aromatic heterocycles. The number of aromatic nitrogens is 1. The zero-order chi connectivity index (χ0) is 9.19. The van der Waals surface area contributed by atoms with Gasteiger partial charge in [0, 0.05) is 17.8 Å². The van der Waals surface area contributed by atoms with Crippen molar-refractivity contribution in [1.82, 2.24) is 4.98 Å². The number of nitrogens with one attached hydrogen (secondary N) is 2. The minimum atomic E-state index is -0.0746. The van der Waals surface area contributed by atoms with E-state index in [2.05, 4.69) is 31.1 Å². The lowest BCUT2D eigenvalue weighted by Gasteiger charge is -2.21. The first-order chi connectivity index (χ1) is 5.47. The van der Waals surface area contributed by atoms with E-state index in [9.17, 15) is 4.79 Å². The summed E-state index contributed by atoms with van der Waals surface area (Å²) in [4.78, 5) is 13.3. The highest BCUT2D eigenvalue weighted by molar-refractivity contribution is 5.41. The second kappa shape index (κ2) is 3.01. The lowest BCUT2D eigenvalue weighted by molar-refractivity contribution is 0.633. The Balaban J connectivity index is 2.78. The van der Waals surface area contributed by atoms with Gasteiger partial charge in [-0.1, -0.05) is 0 Å². The maximum Gasteiger partial charge on any atom is 0.248 e. The molecule has 3 nitrogen and oxygen atoms in total. The average Bonchev–Trinajstić information content (AvgIpc) is 1.91. The Morgan fingerprint density at radius 3 is 2.42 bits per heavy atom. The van der Waals surface area contributed by atoms with Gasteiger partial charge in [-0.3, -0.25) is 4.79 Å². The van der Waals surface area contributed by atoms with Crippen molar-refractivity contribution in [1.29, 1.82) is 0 Å². The Bertz CT molecular complexity index is 289. The van der Waals surface area contributed by atoms with Crippen LogP contribution in [0.1, 0.15) is 20.8 Å². The van der Waals surface area contributed by atoms with Crippen LogP contribution >= 0.6 is 0 Å². The van der Waals surface area contributed by atoms with E-state index in [1.807, 2.05) is 0 Å². The molecule has 0 aliphatic rings. The Hall–Kier alpha value is -1.25. The maximum atomic E-state index is 10.7. The van der Waals surface area contributed by atoms with Gasteiger partial charge in [0.2, 0.25) is 5.56 Å². The number of pyridine rings is 1. The van der Waals surface area contributed by atoms with Crippen LogP contribution in [0.15, 0.2) is 23.1 Å². The number of aromatic amines is 1. The van der Waals surface area contributed by atoms with E-state index in [4.69, 9.17) is 0 Å². The second-order valence-corrected chi connectivity index (χ2v) is 3.82. The fourth-order valence-corrected chi connectivity index (χ4v) is 0.921. The van der Waals surface area contributed by atoms with Crippen LogP contribution in [0.25, 0.3) is 0 Å². The van der Waals surface area contributed by atoms with Crippen LogP contribution in [0, 0.1) is 0 Å². The molecule has 0 unspecified atom stereocenters. The molecular formula is C9H14N2O. The third-order valence-electron chi connectivity index (χ3n) is 1.30. The fourth-order valence-electron chi connectivity index (χ4n) is 0.921. The Morgan fingerprint density at radius 1 is 1.33 bits per heavy atom. The molecule has 0 spiro atoms. The van der Waals surface area contributed by atoms with Crippen LogP contribution in [0.3, 0.4) is 0 Å². The Morgan fingerprint density at radius 2 is 2.00 bits per heavy atom. The van der Waals surface area contributed by atoms with E-state index in [1.165, 1.54) is 6.07 Å². The molecule has 0 aliphatic heterocycles. The summed E-state index contributed by atoms with van der Waals surface area (Å²) in [6.07, 6.45) is 1.67. The SMILES string of the molecule is CC(C)(C)Nc1ccc(=O)[nH]c1. The van der Waals surface area contributed by atoms with E-state index in [0.717, 1.165) is 5.69 Å². The molecule has 0 radical (unpaired) electrons. The summed E-state index contributed by atoms with van der Waals surface area (Å²) in [6, 6.07) is 3.28. The van der Waals surface area contributed by atoms with E-state index in [0.29, 0.717) is 0 Å². The molecule has 3 heteroatoms. The van der Waals surface area contributed by atoms with Crippen LogP contribution in [-0.2, 0) is 0 Å². The maximum absolute atomic E-state index is 10.7. The van der Waals surface area contributed by atoms with Gasteiger partial charge in [0.15, 0.2) is 0 Å². The number of hydrogen-bond acceptors (Lipinski definition) is 2. The molecule has 1 heterocycles. The first-order valence-electron chi connectivity index (χ1n) is 3.94. The van der Waals surface area contributed by atoms with Crippen LogP contribution in [0.2, 0.25) is 0 Å². The summed E-state index contributed by atoms with van der Waals surface area (Å²) in [5.74, 6) is 0. The molecule has 1 rings (SSSR count). The molecule has 0 aliphatic carbocycles. The van der Waals surface area contributed by atoms with E-state index in [-0.39, 0.29) is 11.1 Å². The molecule has 1 aromatic rings. The third kappa shape index (κ3) is 2.78. The zero-order valence-corrected chi connectivity index (χ0v) is 7.64. The van der Waals surface area contributed by atoms with Gasteiger partial charge in [0.1, 0.15) is 0 Å². The smallest absolute Gasteiger partial charge is 0.248 e. The van der Waals surface area contributed by atoms with Gasteiger partial charge in [0.25, 0.3) is 0 Å². The van der Waals surface area contributed by atoms with Gasteiger partial charge in [-0.05, 0) is 26.8 Å².